The number of nitrogens with zero attached hydrogens (tertiary/aromatic N) is 2. The molecule has 0 heterocycles. The lowest BCUT2D eigenvalue weighted by Gasteiger charge is -2.10. The van der Waals surface area contributed by atoms with Crippen molar-refractivity contribution in [1.82, 2.24) is 0 Å². The molecule has 1 aromatic rings. The molecule has 0 amide bonds. The smallest absolute Gasteiger partial charge is 0.422 e. The minimum Gasteiger partial charge on any atom is -0.763 e. The fourth-order valence-electron chi connectivity index (χ4n) is 1.07. The molecular formula is C9H4F3N2O2-. The molecular weight excluding hydrogens is 225 g/mol. The maximum absolute atomic E-state index is 12.3. The summed E-state index contributed by atoms with van der Waals surface area (Å²) in [5, 5.41) is 18.7. The van der Waals surface area contributed by atoms with Gasteiger partial charge in [-0.15, -0.1) is 0 Å². The zero-order chi connectivity index (χ0) is 12.3. The molecule has 0 N–H and O–H groups in total. The van der Waals surface area contributed by atoms with Crippen LogP contribution in [0.4, 0.5) is 18.9 Å². The second-order valence-corrected chi connectivity index (χ2v) is 2.79. The maximum atomic E-state index is 12.3. The molecule has 4 nitrogen and oxygen atoms in total. The number of allylic oxidation sites excluding steroid dienone is 1. The molecule has 0 saturated carbocycles. The second-order valence-electron chi connectivity index (χ2n) is 2.79. The van der Waals surface area contributed by atoms with E-state index in [1.165, 1.54) is 0 Å². The molecule has 16 heavy (non-hydrogen) atoms. The molecule has 84 valence electrons. The van der Waals surface area contributed by atoms with Crippen LogP contribution in [0.1, 0.15) is 5.56 Å². The summed E-state index contributed by atoms with van der Waals surface area (Å²) in [6, 6.07) is 3.86. The number of non-ortho nitro benzene ring substituents is 1. The Bertz CT molecular complexity index is 476. The Morgan fingerprint density at radius 2 is 2.06 bits per heavy atom. The molecule has 1 aromatic carbocycles. The van der Waals surface area contributed by atoms with E-state index < -0.39 is 27.9 Å². The van der Waals surface area contributed by atoms with Crippen LogP contribution < -0.4 is 0 Å². The minimum atomic E-state index is -4.82. The number of halogens is 3. The highest BCUT2D eigenvalue weighted by atomic mass is 19.4. The summed E-state index contributed by atoms with van der Waals surface area (Å²) in [4.78, 5) is 9.52. The normalized spacial score (nSPS) is 10.7. The lowest BCUT2D eigenvalue weighted by Crippen LogP contribution is -2.11. The first-order valence-corrected chi connectivity index (χ1v) is 3.95. The van der Waals surface area contributed by atoms with Crippen molar-refractivity contribution in [2.24, 2.45) is 0 Å². The summed E-state index contributed by atoms with van der Waals surface area (Å²) in [5.74, 6) is 0.994. The predicted octanol–water partition coefficient (Wildman–Crippen LogP) is 2.78. The lowest BCUT2D eigenvalue weighted by molar-refractivity contribution is -0.384. The number of nitro groups is 1. The molecule has 7 heteroatoms. The molecule has 0 unspecified atom stereocenters. The quantitative estimate of drug-likeness (QED) is 0.444. The number of nitro benzene ring substituents is 1. The second kappa shape index (κ2) is 4.16. The summed E-state index contributed by atoms with van der Waals surface area (Å²) in [5.41, 5.74) is -2.45. The van der Waals surface area contributed by atoms with Crippen LogP contribution in [0.25, 0.3) is 11.0 Å². The van der Waals surface area contributed by atoms with Crippen molar-refractivity contribution in [3.05, 3.63) is 45.4 Å². The first kappa shape index (κ1) is 11.9. The summed E-state index contributed by atoms with van der Waals surface area (Å²) in [6.45, 7) is 0. The van der Waals surface area contributed by atoms with Crippen molar-refractivity contribution in [3.8, 4) is 0 Å². The van der Waals surface area contributed by atoms with Crippen LogP contribution in [0, 0.1) is 10.1 Å². The van der Waals surface area contributed by atoms with Gasteiger partial charge >= 0.3 is 6.18 Å². The standard InChI is InChI=1S/C9H4F3N2O2/c10-9(11,12)8(5-13)6-2-1-3-7(4-6)14(15)16/h1-4H/q-1. The minimum absolute atomic E-state index is 0.491. The van der Waals surface area contributed by atoms with E-state index in [1.807, 2.05) is 0 Å². The van der Waals surface area contributed by atoms with E-state index in [9.17, 15) is 23.3 Å². The molecule has 0 aliphatic heterocycles. The Labute approximate surface area is 87.7 Å². The zero-order valence-corrected chi connectivity index (χ0v) is 7.65. The van der Waals surface area contributed by atoms with Crippen LogP contribution in [-0.4, -0.2) is 17.0 Å². The van der Waals surface area contributed by atoms with Crippen molar-refractivity contribution >= 4 is 17.1 Å². The number of alkyl halides is 3. The van der Waals surface area contributed by atoms with E-state index in [-0.39, 0.29) is 0 Å². The first-order valence-electron chi connectivity index (χ1n) is 3.95. The third-order valence-electron chi connectivity index (χ3n) is 1.74. The number of benzene rings is 1. The van der Waals surface area contributed by atoms with Gasteiger partial charge in [-0.1, -0.05) is 12.1 Å². The van der Waals surface area contributed by atoms with Gasteiger partial charge in [0.2, 0.25) is 0 Å². The van der Waals surface area contributed by atoms with Crippen molar-refractivity contribution in [2.75, 3.05) is 0 Å². The molecule has 0 aliphatic rings. The lowest BCUT2D eigenvalue weighted by atomic mass is 10.1. The van der Waals surface area contributed by atoms with E-state index in [0.29, 0.717) is 6.07 Å². The fraction of sp³-hybridized carbons (Fsp3) is 0.111. The van der Waals surface area contributed by atoms with E-state index in [1.54, 1.807) is 0 Å². The van der Waals surface area contributed by atoms with Gasteiger partial charge in [-0.05, 0) is 5.56 Å². The van der Waals surface area contributed by atoms with E-state index in [4.69, 9.17) is 5.41 Å². The molecule has 0 bridgehead atoms. The van der Waals surface area contributed by atoms with Gasteiger partial charge in [0, 0.05) is 12.1 Å². The predicted molar refractivity (Wildman–Crippen MR) is 50.9 cm³/mol. The number of hydrogen-bond donors (Lipinski definition) is 0. The molecule has 0 atom stereocenters. The first-order chi connectivity index (χ1) is 7.36. The Balaban J connectivity index is 3.29. The van der Waals surface area contributed by atoms with Crippen LogP contribution in [0.15, 0.2) is 24.3 Å². The van der Waals surface area contributed by atoms with Gasteiger partial charge in [-0.3, -0.25) is 16.0 Å². The van der Waals surface area contributed by atoms with Crippen LogP contribution in [0.3, 0.4) is 0 Å². The molecule has 1 rings (SSSR count). The molecule has 0 fully saturated rings. The zero-order valence-electron chi connectivity index (χ0n) is 7.65. The molecule has 0 saturated heterocycles. The van der Waals surface area contributed by atoms with Crippen LogP contribution in [0.2, 0.25) is 0 Å². The highest BCUT2D eigenvalue weighted by molar-refractivity contribution is 5.94. The number of rotatable bonds is 2. The Kier molecular flexibility index (Phi) is 3.10. The molecule has 0 spiro atoms. The van der Waals surface area contributed by atoms with E-state index in [2.05, 4.69) is 0 Å². The number of hydrogen-bond acceptors (Lipinski definition) is 2. The molecule has 0 aliphatic carbocycles. The van der Waals surface area contributed by atoms with E-state index >= 15 is 0 Å². The average Bonchev–Trinajstić information content (AvgIpc) is 2.17. The largest absolute Gasteiger partial charge is 0.763 e. The third-order valence-corrected chi connectivity index (χ3v) is 1.74. The Hall–Kier alpha value is -2.14. The summed E-state index contributed by atoms with van der Waals surface area (Å²) in [7, 11) is 0. The van der Waals surface area contributed by atoms with Crippen molar-refractivity contribution in [2.45, 2.75) is 6.18 Å². The van der Waals surface area contributed by atoms with Gasteiger partial charge < -0.3 is 5.41 Å². The topological polar surface area (TPSA) is 65.4 Å². The van der Waals surface area contributed by atoms with Gasteiger partial charge in [0.15, 0.2) is 0 Å². The highest BCUT2D eigenvalue weighted by Gasteiger charge is 2.34. The average molecular weight is 229 g/mol. The Morgan fingerprint density at radius 1 is 1.44 bits per heavy atom. The van der Waals surface area contributed by atoms with Crippen LogP contribution in [-0.2, 0) is 0 Å². The van der Waals surface area contributed by atoms with Crippen LogP contribution in [0.5, 0.6) is 0 Å². The van der Waals surface area contributed by atoms with Gasteiger partial charge in [0.1, 0.15) is 0 Å². The highest BCUT2D eigenvalue weighted by Crippen LogP contribution is 2.32. The SMILES string of the molecule is [N-]=C=C(c1cccc([N+](=O)[O-])c1)C(F)(F)F. The van der Waals surface area contributed by atoms with Crippen molar-refractivity contribution < 1.29 is 18.1 Å². The Morgan fingerprint density at radius 3 is 2.50 bits per heavy atom. The molecule has 0 radical (unpaired) electrons. The molecule has 0 aromatic heterocycles. The van der Waals surface area contributed by atoms with Gasteiger partial charge in [-0.2, -0.15) is 13.2 Å². The third kappa shape index (κ3) is 2.46. The summed E-state index contributed by atoms with van der Waals surface area (Å²) in [6.07, 6.45) is -4.82. The van der Waals surface area contributed by atoms with E-state index in [0.717, 1.165) is 24.1 Å². The van der Waals surface area contributed by atoms with Crippen LogP contribution >= 0.6 is 0 Å². The van der Waals surface area contributed by atoms with Gasteiger partial charge in [0.25, 0.3) is 5.69 Å². The van der Waals surface area contributed by atoms with Crippen molar-refractivity contribution in [3.63, 3.8) is 0 Å². The fourth-order valence-corrected chi connectivity index (χ4v) is 1.07. The van der Waals surface area contributed by atoms with Gasteiger partial charge in [0.05, 0.1) is 10.5 Å². The summed E-state index contributed by atoms with van der Waals surface area (Å²) >= 11 is 0. The maximum Gasteiger partial charge on any atom is 0.422 e. The monoisotopic (exact) mass is 229 g/mol. The van der Waals surface area contributed by atoms with Crippen molar-refractivity contribution in [1.29, 1.82) is 0 Å². The van der Waals surface area contributed by atoms with Gasteiger partial charge in [-0.25, -0.2) is 0 Å². The summed E-state index contributed by atoms with van der Waals surface area (Å²) < 4.78 is 36.9.